The lowest BCUT2D eigenvalue weighted by Crippen LogP contribution is -2.30. The van der Waals surface area contributed by atoms with Crippen LogP contribution in [0.25, 0.3) is 11.2 Å². The maximum Gasteiger partial charge on any atom is 0.330 e. The van der Waals surface area contributed by atoms with Gasteiger partial charge in [-0.2, -0.15) is 0 Å². The van der Waals surface area contributed by atoms with Crippen LogP contribution in [0.15, 0.2) is 9.59 Å². The predicted molar refractivity (Wildman–Crippen MR) is 64.0 cm³/mol. The summed E-state index contributed by atoms with van der Waals surface area (Å²) in [7, 11) is 1.79. The number of hydrogen-bond acceptors (Lipinski definition) is 4. The molecule has 17 heavy (non-hydrogen) atoms. The van der Waals surface area contributed by atoms with E-state index in [0.29, 0.717) is 30.1 Å². The van der Waals surface area contributed by atoms with E-state index >= 15 is 0 Å². The second kappa shape index (κ2) is 4.54. The predicted octanol–water partition coefficient (Wildman–Crippen LogP) is -0.458. The Kier molecular flexibility index (Phi) is 3.10. The van der Waals surface area contributed by atoms with Gasteiger partial charge in [-0.1, -0.05) is 6.92 Å². The molecule has 0 aliphatic carbocycles. The molecule has 0 unspecified atom stereocenters. The van der Waals surface area contributed by atoms with Crippen molar-refractivity contribution in [2.75, 3.05) is 7.05 Å². The molecule has 2 heterocycles. The average molecular weight is 237 g/mol. The fourth-order valence-corrected chi connectivity index (χ4v) is 1.77. The monoisotopic (exact) mass is 237 g/mol. The first kappa shape index (κ1) is 11.6. The van der Waals surface area contributed by atoms with E-state index in [1.165, 1.54) is 4.57 Å². The molecule has 0 fully saturated rings. The van der Waals surface area contributed by atoms with Crippen LogP contribution in [-0.2, 0) is 13.1 Å². The second-order valence-electron chi connectivity index (χ2n) is 3.82. The van der Waals surface area contributed by atoms with Crippen molar-refractivity contribution < 1.29 is 0 Å². The van der Waals surface area contributed by atoms with Crippen LogP contribution < -0.4 is 16.6 Å². The molecule has 2 aromatic heterocycles. The normalized spacial score (nSPS) is 11.2. The summed E-state index contributed by atoms with van der Waals surface area (Å²) in [6.07, 6.45) is 0.801. The number of fused-ring (bicyclic) bond motifs is 1. The highest BCUT2D eigenvalue weighted by atomic mass is 16.2. The number of hydrogen-bond donors (Lipinski definition) is 3. The van der Waals surface area contributed by atoms with Gasteiger partial charge in [0.1, 0.15) is 11.3 Å². The van der Waals surface area contributed by atoms with Gasteiger partial charge in [-0.05, 0) is 13.5 Å². The summed E-state index contributed by atoms with van der Waals surface area (Å²) in [4.78, 5) is 32.7. The van der Waals surface area contributed by atoms with E-state index in [0.717, 1.165) is 6.42 Å². The summed E-state index contributed by atoms with van der Waals surface area (Å²) in [6.45, 7) is 3.02. The molecule has 0 aliphatic rings. The number of nitrogens with zero attached hydrogens (tertiary/aromatic N) is 2. The first-order valence-corrected chi connectivity index (χ1v) is 5.53. The number of H-pyrrole nitrogens is 2. The number of imidazole rings is 1. The summed E-state index contributed by atoms with van der Waals surface area (Å²) >= 11 is 0. The Morgan fingerprint density at radius 2 is 2.12 bits per heavy atom. The number of aromatic nitrogens is 4. The Morgan fingerprint density at radius 3 is 2.76 bits per heavy atom. The van der Waals surface area contributed by atoms with Crippen molar-refractivity contribution in [3.63, 3.8) is 0 Å². The molecule has 2 rings (SSSR count). The zero-order valence-electron chi connectivity index (χ0n) is 9.83. The fraction of sp³-hybridized carbons (Fsp3) is 0.500. The van der Waals surface area contributed by atoms with Gasteiger partial charge >= 0.3 is 5.69 Å². The number of aromatic amines is 2. The summed E-state index contributed by atoms with van der Waals surface area (Å²) in [6, 6.07) is 0. The number of rotatable bonds is 4. The molecule has 0 aromatic carbocycles. The summed E-state index contributed by atoms with van der Waals surface area (Å²) in [5.74, 6) is 0.642. The smallest absolute Gasteiger partial charge is 0.330 e. The van der Waals surface area contributed by atoms with Crippen molar-refractivity contribution in [2.24, 2.45) is 0 Å². The molecule has 7 heteroatoms. The van der Waals surface area contributed by atoms with Gasteiger partial charge in [-0.3, -0.25) is 14.3 Å². The van der Waals surface area contributed by atoms with Crippen molar-refractivity contribution in [3.8, 4) is 0 Å². The van der Waals surface area contributed by atoms with E-state index in [9.17, 15) is 9.59 Å². The van der Waals surface area contributed by atoms with Crippen LogP contribution >= 0.6 is 0 Å². The molecular weight excluding hydrogens is 222 g/mol. The molecule has 3 N–H and O–H groups in total. The highest BCUT2D eigenvalue weighted by molar-refractivity contribution is 5.69. The molecule has 7 nitrogen and oxygen atoms in total. The molecule has 2 aromatic rings. The maximum absolute atomic E-state index is 11.6. The van der Waals surface area contributed by atoms with E-state index in [1.54, 1.807) is 7.05 Å². The maximum atomic E-state index is 11.6. The molecule has 0 bridgehead atoms. The third-order valence-corrected chi connectivity index (χ3v) is 2.47. The summed E-state index contributed by atoms with van der Waals surface area (Å²) in [5.41, 5.74) is -0.0618. The Morgan fingerprint density at radius 1 is 1.35 bits per heavy atom. The molecule has 0 aliphatic heterocycles. The van der Waals surface area contributed by atoms with E-state index in [1.807, 2.05) is 6.92 Å². The van der Waals surface area contributed by atoms with E-state index in [4.69, 9.17) is 0 Å². The van der Waals surface area contributed by atoms with Crippen LogP contribution in [0.3, 0.4) is 0 Å². The van der Waals surface area contributed by atoms with Crippen LogP contribution in [-0.4, -0.2) is 26.6 Å². The lowest BCUT2D eigenvalue weighted by Gasteiger charge is -2.02. The third-order valence-electron chi connectivity index (χ3n) is 2.47. The zero-order valence-corrected chi connectivity index (χ0v) is 9.83. The van der Waals surface area contributed by atoms with E-state index < -0.39 is 11.2 Å². The molecule has 92 valence electrons. The Hall–Kier alpha value is -1.89. The minimum absolute atomic E-state index is 0.350. The molecule has 0 radical (unpaired) electrons. The second-order valence-corrected chi connectivity index (χ2v) is 3.82. The SMILES string of the molecule is CCCn1c(=O)[nH]c(=O)c2[nH]c(CNC)nc21. The molecule has 0 saturated heterocycles. The van der Waals surface area contributed by atoms with Gasteiger partial charge < -0.3 is 10.3 Å². The van der Waals surface area contributed by atoms with Crippen LogP contribution in [0.1, 0.15) is 19.2 Å². The van der Waals surface area contributed by atoms with Gasteiger partial charge in [0, 0.05) is 6.54 Å². The molecule has 0 saturated carbocycles. The number of aryl methyl sites for hydroxylation is 1. The minimum Gasteiger partial charge on any atom is -0.335 e. The topological polar surface area (TPSA) is 95.6 Å². The van der Waals surface area contributed by atoms with Crippen LogP contribution in [0, 0.1) is 0 Å². The van der Waals surface area contributed by atoms with Crippen LogP contribution in [0.5, 0.6) is 0 Å². The van der Waals surface area contributed by atoms with Crippen LogP contribution in [0.4, 0.5) is 0 Å². The molecule has 0 atom stereocenters. The Bertz CT molecular complexity index is 636. The van der Waals surface area contributed by atoms with Crippen molar-refractivity contribution >= 4 is 11.2 Å². The fourth-order valence-electron chi connectivity index (χ4n) is 1.77. The quantitative estimate of drug-likeness (QED) is 0.670. The zero-order chi connectivity index (χ0) is 12.4. The third kappa shape index (κ3) is 2.01. The van der Waals surface area contributed by atoms with Crippen molar-refractivity contribution in [2.45, 2.75) is 26.4 Å². The minimum atomic E-state index is -0.424. The van der Waals surface area contributed by atoms with Gasteiger partial charge in [0.2, 0.25) is 0 Å². The van der Waals surface area contributed by atoms with Gasteiger partial charge in [0.25, 0.3) is 5.56 Å². The van der Waals surface area contributed by atoms with Crippen molar-refractivity contribution in [3.05, 3.63) is 26.7 Å². The Balaban J connectivity index is 2.71. The van der Waals surface area contributed by atoms with Gasteiger partial charge in [0.05, 0.1) is 6.54 Å². The first-order chi connectivity index (χ1) is 8.17. The van der Waals surface area contributed by atoms with Gasteiger partial charge in [0.15, 0.2) is 5.65 Å². The molecule has 0 amide bonds. The largest absolute Gasteiger partial charge is 0.335 e. The van der Waals surface area contributed by atoms with Crippen LogP contribution in [0.2, 0.25) is 0 Å². The van der Waals surface area contributed by atoms with E-state index in [2.05, 4.69) is 20.3 Å². The molecular formula is C10H15N5O2. The highest BCUT2D eigenvalue weighted by Crippen LogP contribution is 2.05. The Labute approximate surface area is 96.9 Å². The summed E-state index contributed by atoms with van der Waals surface area (Å²) in [5, 5.41) is 2.94. The van der Waals surface area contributed by atoms with E-state index in [-0.39, 0.29) is 0 Å². The van der Waals surface area contributed by atoms with Crippen molar-refractivity contribution in [1.82, 2.24) is 24.8 Å². The van der Waals surface area contributed by atoms with Crippen molar-refractivity contribution in [1.29, 1.82) is 0 Å². The molecule has 0 spiro atoms. The van der Waals surface area contributed by atoms with Gasteiger partial charge in [-0.15, -0.1) is 0 Å². The first-order valence-electron chi connectivity index (χ1n) is 5.53. The average Bonchev–Trinajstić information content (AvgIpc) is 2.69. The number of nitrogens with one attached hydrogen (secondary N) is 3. The van der Waals surface area contributed by atoms with Gasteiger partial charge in [-0.25, -0.2) is 9.78 Å². The highest BCUT2D eigenvalue weighted by Gasteiger charge is 2.11. The lowest BCUT2D eigenvalue weighted by atomic mass is 10.4. The lowest BCUT2D eigenvalue weighted by molar-refractivity contribution is 0.651. The summed E-state index contributed by atoms with van der Waals surface area (Å²) < 4.78 is 1.48. The standard InChI is InChI=1S/C10H15N5O2/c1-3-4-15-8-7(9(16)14-10(15)17)12-6(13-8)5-11-2/h11H,3-5H2,1-2H3,(H,12,13)(H,14,16,17).